The van der Waals surface area contributed by atoms with Crippen molar-refractivity contribution in [2.24, 2.45) is 0 Å². The van der Waals surface area contributed by atoms with Crippen LogP contribution in [-0.2, 0) is 0 Å². The summed E-state index contributed by atoms with van der Waals surface area (Å²) in [6.45, 7) is -3.01. The van der Waals surface area contributed by atoms with Gasteiger partial charge >= 0.3 is 6.61 Å². The largest absolute Gasteiger partial charge is 0.434 e. The molecule has 0 spiro atoms. The molecule has 0 aliphatic carbocycles. The number of nitrogens with one attached hydrogen (secondary N) is 1. The molecule has 2 aromatic carbocycles. The molecular formula is C15H11F2NO3. The fraction of sp³-hybridized carbons (Fsp3) is 0.0667. The molecule has 6 heteroatoms. The van der Waals surface area contributed by atoms with Crippen molar-refractivity contribution in [1.29, 1.82) is 0 Å². The summed E-state index contributed by atoms with van der Waals surface area (Å²) in [5.41, 5.74) is 0.907. The molecule has 0 aliphatic rings. The first-order valence-electron chi connectivity index (χ1n) is 6.00. The van der Waals surface area contributed by atoms with Crippen molar-refractivity contribution >= 4 is 17.9 Å². The average Bonchev–Trinajstić information content (AvgIpc) is 2.48. The molecule has 21 heavy (non-hydrogen) atoms. The van der Waals surface area contributed by atoms with Gasteiger partial charge in [-0.2, -0.15) is 8.78 Å². The van der Waals surface area contributed by atoms with E-state index in [0.717, 1.165) is 0 Å². The fourth-order valence-corrected chi connectivity index (χ4v) is 1.70. The van der Waals surface area contributed by atoms with Crippen LogP contribution in [-0.4, -0.2) is 18.8 Å². The second kappa shape index (κ2) is 6.60. The first-order valence-corrected chi connectivity index (χ1v) is 6.00. The van der Waals surface area contributed by atoms with Crippen molar-refractivity contribution in [3.05, 3.63) is 59.7 Å². The van der Waals surface area contributed by atoms with Crippen LogP contribution in [0.2, 0.25) is 0 Å². The molecule has 0 heterocycles. The summed E-state index contributed by atoms with van der Waals surface area (Å²) in [4.78, 5) is 22.6. The van der Waals surface area contributed by atoms with Gasteiger partial charge in [0.1, 0.15) is 12.0 Å². The van der Waals surface area contributed by atoms with E-state index in [0.29, 0.717) is 17.5 Å². The van der Waals surface area contributed by atoms with Gasteiger partial charge in [-0.1, -0.05) is 12.1 Å². The Morgan fingerprint density at radius 3 is 2.38 bits per heavy atom. The number of hydrogen-bond acceptors (Lipinski definition) is 3. The summed E-state index contributed by atoms with van der Waals surface area (Å²) < 4.78 is 28.9. The van der Waals surface area contributed by atoms with Crippen LogP contribution >= 0.6 is 0 Å². The Hall–Kier alpha value is -2.76. The van der Waals surface area contributed by atoms with Crippen molar-refractivity contribution in [3.8, 4) is 5.75 Å². The molecule has 2 aromatic rings. The third kappa shape index (κ3) is 3.85. The van der Waals surface area contributed by atoms with Crippen LogP contribution in [0.5, 0.6) is 5.75 Å². The van der Waals surface area contributed by atoms with Crippen molar-refractivity contribution < 1.29 is 23.1 Å². The molecule has 0 bridgehead atoms. The molecular weight excluding hydrogens is 280 g/mol. The van der Waals surface area contributed by atoms with Gasteiger partial charge in [0.25, 0.3) is 5.91 Å². The normalized spacial score (nSPS) is 10.2. The Morgan fingerprint density at radius 2 is 1.76 bits per heavy atom. The number of amides is 1. The zero-order valence-corrected chi connectivity index (χ0v) is 10.8. The fourth-order valence-electron chi connectivity index (χ4n) is 1.70. The van der Waals surface area contributed by atoms with Crippen LogP contribution in [0.4, 0.5) is 14.5 Å². The van der Waals surface area contributed by atoms with Crippen molar-refractivity contribution in [1.82, 2.24) is 0 Å². The molecule has 0 aliphatic heterocycles. The number of benzene rings is 2. The third-order valence-corrected chi connectivity index (χ3v) is 2.65. The number of carbonyl (C=O) groups excluding carboxylic acids is 2. The van der Waals surface area contributed by atoms with Gasteiger partial charge in [0.15, 0.2) is 0 Å². The third-order valence-electron chi connectivity index (χ3n) is 2.65. The molecule has 1 N–H and O–H groups in total. The van der Waals surface area contributed by atoms with Crippen LogP contribution < -0.4 is 10.1 Å². The molecule has 0 fully saturated rings. The maximum atomic E-state index is 12.3. The monoisotopic (exact) mass is 291 g/mol. The van der Waals surface area contributed by atoms with E-state index in [9.17, 15) is 18.4 Å². The molecule has 0 aromatic heterocycles. The van der Waals surface area contributed by atoms with Crippen molar-refractivity contribution in [3.63, 3.8) is 0 Å². The van der Waals surface area contributed by atoms with Crippen LogP contribution in [0, 0.1) is 0 Å². The molecule has 0 radical (unpaired) electrons. The first-order chi connectivity index (χ1) is 10.1. The number of para-hydroxylation sites is 1. The second-order valence-electron chi connectivity index (χ2n) is 4.07. The summed E-state index contributed by atoms with van der Waals surface area (Å²) in [5.74, 6) is -0.778. The minimum atomic E-state index is -3.01. The smallest absolute Gasteiger partial charge is 0.387 e. The molecule has 1 amide bonds. The maximum Gasteiger partial charge on any atom is 0.387 e. The van der Waals surface area contributed by atoms with Crippen molar-refractivity contribution in [2.45, 2.75) is 6.61 Å². The Bertz CT molecular complexity index is 642. The number of carbonyl (C=O) groups is 2. The predicted molar refractivity (Wildman–Crippen MR) is 72.9 cm³/mol. The van der Waals surface area contributed by atoms with Gasteiger partial charge in [0, 0.05) is 11.3 Å². The number of anilines is 1. The van der Waals surface area contributed by atoms with Gasteiger partial charge in [-0.05, 0) is 36.4 Å². The van der Waals surface area contributed by atoms with Gasteiger partial charge in [-0.25, -0.2) is 0 Å². The van der Waals surface area contributed by atoms with Crippen molar-refractivity contribution in [2.75, 3.05) is 5.32 Å². The number of alkyl halides is 2. The molecule has 0 saturated carbocycles. The number of ether oxygens (including phenoxy) is 1. The highest BCUT2D eigenvalue weighted by Crippen LogP contribution is 2.21. The average molecular weight is 291 g/mol. The minimum Gasteiger partial charge on any atom is -0.434 e. The molecule has 4 nitrogen and oxygen atoms in total. The number of halogens is 2. The summed E-state index contributed by atoms with van der Waals surface area (Å²) >= 11 is 0. The van der Waals surface area contributed by atoms with Crippen LogP contribution in [0.3, 0.4) is 0 Å². The summed E-state index contributed by atoms with van der Waals surface area (Å²) in [6.07, 6.45) is 0.678. The SMILES string of the molecule is O=Cc1ccc(NC(=O)c2ccccc2OC(F)F)cc1. The first kappa shape index (κ1) is 14.6. The lowest BCUT2D eigenvalue weighted by molar-refractivity contribution is -0.0501. The number of hydrogen-bond donors (Lipinski definition) is 1. The molecule has 0 atom stereocenters. The molecule has 0 saturated heterocycles. The van der Waals surface area contributed by atoms with E-state index in [-0.39, 0.29) is 11.3 Å². The van der Waals surface area contributed by atoms with E-state index in [1.807, 2.05) is 0 Å². The lowest BCUT2D eigenvalue weighted by Gasteiger charge is -2.10. The summed E-state index contributed by atoms with van der Waals surface area (Å²) in [7, 11) is 0. The Kier molecular flexibility index (Phi) is 4.61. The number of rotatable bonds is 5. The highest BCUT2D eigenvalue weighted by Gasteiger charge is 2.15. The van der Waals surface area contributed by atoms with E-state index in [4.69, 9.17) is 0 Å². The van der Waals surface area contributed by atoms with Crippen LogP contribution in [0.25, 0.3) is 0 Å². The van der Waals surface area contributed by atoms with E-state index >= 15 is 0 Å². The quantitative estimate of drug-likeness (QED) is 0.859. The topological polar surface area (TPSA) is 55.4 Å². The highest BCUT2D eigenvalue weighted by molar-refractivity contribution is 6.06. The Balaban J connectivity index is 2.17. The molecule has 2 rings (SSSR count). The minimum absolute atomic E-state index is 0.00253. The Labute approximate surface area is 119 Å². The van der Waals surface area contributed by atoms with E-state index in [1.165, 1.54) is 42.5 Å². The summed E-state index contributed by atoms with van der Waals surface area (Å²) in [5, 5.41) is 2.54. The predicted octanol–water partition coefficient (Wildman–Crippen LogP) is 3.35. The van der Waals surface area contributed by atoms with E-state index in [2.05, 4.69) is 10.1 Å². The van der Waals surface area contributed by atoms with Gasteiger partial charge in [0.2, 0.25) is 0 Å². The summed E-state index contributed by atoms with van der Waals surface area (Å²) in [6, 6.07) is 11.9. The zero-order valence-electron chi connectivity index (χ0n) is 10.8. The van der Waals surface area contributed by atoms with E-state index < -0.39 is 12.5 Å². The van der Waals surface area contributed by atoms with Gasteiger partial charge in [-0.15, -0.1) is 0 Å². The molecule has 108 valence electrons. The molecule has 0 unspecified atom stereocenters. The van der Waals surface area contributed by atoms with E-state index in [1.54, 1.807) is 6.07 Å². The second-order valence-corrected chi connectivity index (χ2v) is 4.07. The van der Waals surface area contributed by atoms with Gasteiger partial charge in [-0.3, -0.25) is 9.59 Å². The zero-order chi connectivity index (χ0) is 15.2. The standard InChI is InChI=1S/C15H11F2NO3/c16-15(17)21-13-4-2-1-3-12(13)14(20)18-11-7-5-10(9-19)6-8-11/h1-9,15H,(H,18,20). The lowest BCUT2D eigenvalue weighted by atomic mass is 10.1. The maximum absolute atomic E-state index is 12.3. The van der Waals surface area contributed by atoms with Crippen LogP contribution in [0.1, 0.15) is 20.7 Å². The van der Waals surface area contributed by atoms with Gasteiger partial charge < -0.3 is 10.1 Å². The number of aldehydes is 1. The highest BCUT2D eigenvalue weighted by atomic mass is 19.3. The Morgan fingerprint density at radius 1 is 1.10 bits per heavy atom. The lowest BCUT2D eigenvalue weighted by Crippen LogP contribution is -2.14. The van der Waals surface area contributed by atoms with Gasteiger partial charge in [0.05, 0.1) is 5.56 Å². The van der Waals surface area contributed by atoms with Crippen LogP contribution in [0.15, 0.2) is 48.5 Å².